The van der Waals surface area contributed by atoms with Crippen LogP contribution >= 0.6 is 0 Å². The normalized spacial score (nSPS) is 12.6. The molecule has 20 heavy (non-hydrogen) atoms. The summed E-state index contributed by atoms with van der Waals surface area (Å²) in [6.45, 7) is 11.1. The van der Waals surface area contributed by atoms with Crippen molar-refractivity contribution in [3.8, 4) is 0 Å². The van der Waals surface area contributed by atoms with E-state index in [0.717, 1.165) is 12.2 Å². The van der Waals surface area contributed by atoms with Crippen LogP contribution in [0.1, 0.15) is 97.8 Å². The van der Waals surface area contributed by atoms with Crippen LogP contribution in [0.4, 0.5) is 0 Å². The Morgan fingerprint density at radius 2 is 1.30 bits per heavy atom. The second-order valence-electron chi connectivity index (χ2n) is 6.40. The zero-order valence-electron chi connectivity index (χ0n) is 14.4. The van der Waals surface area contributed by atoms with E-state index in [1.165, 1.54) is 77.0 Å². The van der Waals surface area contributed by atoms with E-state index in [4.69, 9.17) is 4.74 Å². The summed E-state index contributed by atoms with van der Waals surface area (Å²) in [5, 5.41) is 0. The van der Waals surface area contributed by atoms with Gasteiger partial charge in [0.1, 0.15) is 0 Å². The number of unbranched alkanes of at least 4 members (excludes halogenated alkanes) is 10. The highest BCUT2D eigenvalue weighted by Crippen LogP contribution is 2.13. The Morgan fingerprint density at radius 3 is 1.75 bits per heavy atom. The molecule has 1 unspecified atom stereocenters. The van der Waals surface area contributed by atoms with Crippen LogP contribution in [-0.2, 0) is 4.74 Å². The first kappa shape index (κ1) is 19.7. The summed E-state index contributed by atoms with van der Waals surface area (Å²) in [5.41, 5.74) is 1.12. The van der Waals surface area contributed by atoms with E-state index < -0.39 is 0 Å². The minimum absolute atomic E-state index is 0.394. The highest BCUT2D eigenvalue weighted by molar-refractivity contribution is 4.87. The van der Waals surface area contributed by atoms with Crippen molar-refractivity contribution in [2.75, 3.05) is 6.61 Å². The maximum Gasteiger partial charge on any atom is 0.0675 e. The number of hydrogen-bond acceptors (Lipinski definition) is 1. The fraction of sp³-hybridized carbons (Fsp3) is 0.895. The molecule has 0 bridgehead atoms. The largest absolute Gasteiger partial charge is 0.374 e. The van der Waals surface area contributed by atoms with Gasteiger partial charge < -0.3 is 4.74 Å². The SMILES string of the molecule is C=C(C)COC(C)CCCCCCCCCCCCC. The molecule has 0 radical (unpaired) electrons. The Labute approximate surface area is 128 Å². The van der Waals surface area contributed by atoms with E-state index >= 15 is 0 Å². The molecule has 0 rings (SSSR count). The molecular formula is C19H38O. The second-order valence-corrected chi connectivity index (χ2v) is 6.40. The molecule has 0 amide bonds. The van der Waals surface area contributed by atoms with Crippen LogP contribution in [0.5, 0.6) is 0 Å². The van der Waals surface area contributed by atoms with Crippen LogP contribution in [0, 0.1) is 0 Å². The minimum atomic E-state index is 0.394. The summed E-state index contributed by atoms with van der Waals surface area (Å²) in [4.78, 5) is 0. The lowest BCUT2D eigenvalue weighted by molar-refractivity contribution is 0.0753. The number of rotatable bonds is 15. The van der Waals surface area contributed by atoms with Gasteiger partial charge in [-0.3, -0.25) is 0 Å². The second kappa shape index (κ2) is 15.1. The first-order valence-corrected chi connectivity index (χ1v) is 8.92. The van der Waals surface area contributed by atoms with Gasteiger partial charge in [0.05, 0.1) is 12.7 Å². The molecule has 120 valence electrons. The number of hydrogen-bond donors (Lipinski definition) is 0. The highest BCUT2D eigenvalue weighted by atomic mass is 16.5. The molecule has 0 saturated heterocycles. The first-order valence-electron chi connectivity index (χ1n) is 8.92. The van der Waals surface area contributed by atoms with Gasteiger partial charge in [-0.2, -0.15) is 0 Å². The maximum atomic E-state index is 5.70. The fourth-order valence-corrected chi connectivity index (χ4v) is 2.46. The van der Waals surface area contributed by atoms with E-state index in [1.807, 2.05) is 6.92 Å². The highest BCUT2D eigenvalue weighted by Gasteiger charge is 2.01. The molecule has 0 aliphatic carbocycles. The quantitative estimate of drug-likeness (QED) is 0.241. The molecule has 0 saturated carbocycles. The van der Waals surface area contributed by atoms with E-state index in [0.29, 0.717) is 6.10 Å². The molecule has 1 heteroatoms. The molecule has 0 aliphatic rings. The zero-order chi connectivity index (χ0) is 15.1. The predicted molar refractivity (Wildman–Crippen MR) is 91.3 cm³/mol. The smallest absolute Gasteiger partial charge is 0.0675 e. The van der Waals surface area contributed by atoms with E-state index in [-0.39, 0.29) is 0 Å². The Hall–Kier alpha value is -0.300. The zero-order valence-corrected chi connectivity index (χ0v) is 14.4. The molecule has 0 heterocycles. The summed E-state index contributed by atoms with van der Waals surface area (Å²) in [6.07, 6.45) is 17.1. The molecule has 0 aromatic carbocycles. The van der Waals surface area contributed by atoms with Crippen molar-refractivity contribution in [2.24, 2.45) is 0 Å². The predicted octanol–water partition coefficient (Wildman–Crippen LogP) is 6.67. The van der Waals surface area contributed by atoms with Crippen molar-refractivity contribution in [1.29, 1.82) is 0 Å². The molecule has 0 N–H and O–H groups in total. The average Bonchev–Trinajstić information content (AvgIpc) is 2.42. The lowest BCUT2D eigenvalue weighted by Gasteiger charge is -2.12. The molecular weight excluding hydrogens is 244 g/mol. The molecule has 1 nitrogen and oxygen atoms in total. The van der Waals surface area contributed by atoms with Crippen molar-refractivity contribution < 1.29 is 4.74 Å². The summed E-state index contributed by atoms with van der Waals surface area (Å²) >= 11 is 0. The van der Waals surface area contributed by atoms with Crippen LogP contribution < -0.4 is 0 Å². The van der Waals surface area contributed by atoms with Crippen LogP contribution in [-0.4, -0.2) is 12.7 Å². The molecule has 0 fully saturated rings. The number of ether oxygens (including phenoxy) is 1. The van der Waals surface area contributed by atoms with Gasteiger partial charge in [-0.25, -0.2) is 0 Å². The van der Waals surface area contributed by atoms with Crippen molar-refractivity contribution in [3.05, 3.63) is 12.2 Å². The summed E-state index contributed by atoms with van der Waals surface area (Å²) in [6, 6.07) is 0. The fourth-order valence-electron chi connectivity index (χ4n) is 2.46. The van der Waals surface area contributed by atoms with Crippen LogP contribution in [0.15, 0.2) is 12.2 Å². The first-order chi connectivity index (χ1) is 9.66. The maximum absolute atomic E-state index is 5.70. The van der Waals surface area contributed by atoms with Crippen molar-refractivity contribution in [3.63, 3.8) is 0 Å². The van der Waals surface area contributed by atoms with E-state index in [9.17, 15) is 0 Å². The van der Waals surface area contributed by atoms with Crippen LogP contribution in [0.3, 0.4) is 0 Å². The van der Waals surface area contributed by atoms with Gasteiger partial charge in [-0.15, -0.1) is 0 Å². The van der Waals surface area contributed by atoms with Gasteiger partial charge in [-0.1, -0.05) is 89.7 Å². The third kappa shape index (κ3) is 15.8. The Bertz CT molecular complexity index is 210. The summed E-state index contributed by atoms with van der Waals surface area (Å²) in [7, 11) is 0. The van der Waals surface area contributed by atoms with Crippen LogP contribution in [0.2, 0.25) is 0 Å². The van der Waals surface area contributed by atoms with Crippen molar-refractivity contribution in [2.45, 2.75) is 104 Å². The minimum Gasteiger partial charge on any atom is -0.374 e. The molecule has 1 atom stereocenters. The van der Waals surface area contributed by atoms with E-state index in [2.05, 4.69) is 20.4 Å². The average molecular weight is 283 g/mol. The molecule has 0 aromatic heterocycles. The monoisotopic (exact) mass is 282 g/mol. The standard InChI is InChI=1S/C19H38O/c1-5-6-7-8-9-10-11-12-13-14-15-16-19(4)20-17-18(2)3/h19H,2,5-17H2,1,3-4H3. The Kier molecular flexibility index (Phi) is 14.9. The lowest BCUT2D eigenvalue weighted by Crippen LogP contribution is -2.09. The molecule has 0 spiro atoms. The Morgan fingerprint density at radius 1 is 0.850 bits per heavy atom. The third-order valence-corrected chi connectivity index (χ3v) is 3.83. The van der Waals surface area contributed by atoms with Crippen molar-refractivity contribution in [1.82, 2.24) is 0 Å². The molecule has 0 aliphatic heterocycles. The lowest BCUT2D eigenvalue weighted by atomic mass is 10.0. The van der Waals surface area contributed by atoms with Gasteiger partial charge in [0, 0.05) is 0 Å². The van der Waals surface area contributed by atoms with Gasteiger partial charge in [0.25, 0.3) is 0 Å². The van der Waals surface area contributed by atoms with Gasteiger partial charge in [0.15, 0.2) is 0 Å². The van der Waals surface area contributed by atoms with Crippen molar-refractivity contribution >= 4 is 0 Å². The molecule has 0 aromatic rings. The summed E-state index contributed by atoms with van der Waals surface area (Å²) in [5.74, 6) is 0. The van der Waals surface area contributed by atoms with Crippen LogP contribution in [0.25, 0.3) is 0 Å². The van der Waals surface area contributed by atoms with Gasteiger partial charge in [-0.05, 0) is 20.3 Å². The Balaban J connectivity index is 3.10. The summed E-state index contributed by atoms with van der Waals surface area (Å²) < 4.78 is 5.70. The third-order valence-electron chi connectivity index (χ3n) is 3.83. The van der Waals surface area contributed by atoms with E-state index in [1.54, 1.807) is 0 Å². The topological polar surface area (TPSA) is 9.23 Å². The van der Waals surface area contributed by atoms with Gasteiger partial charge in [0.2, 0.25) is 0 Å². The van der Waals surface area contributed by atoms with Gasteiger partial charge >= 0.3 is 0 Å².